The number of piperazine rings is 1. The Labute approximate surface area is 156 Å². The van der Waals surface area contributed by atoms with Crippen molar-refractivity contribution in [3.05, 3.63) is 66.0 Å². The van der Waals surface area contributed by atoms with Gasteiger partial charge in [0.15, 0.2) is 5.78 Å². The molecule has 0 bridgehead atoms. The molecule has 1 aromatic carbocycles. The maximum atomic E-state index is 13.0. The molecule has 1 aliphatic heterocycles. The summed E-state index contributed by atoms with van der Waals surface area (Å²) in [6.45, 7) is 3.85. The number of hydrogen-bond acceptors (Lipinski definition) is 5. The molecule has 1 unspecified atom stereocenters. The van der Waals surface area contributed by atoms with Crippen LogP contribution in [0.15, 0.2) is 54.9 Å². The second-order valence-electron chi connectivity index (χ2n) is 6.48. The van der Waals surface area contributed by atoms with Crippen LogP contribution >= 0.6 is 0 Å². The molecule has 1 atom stereocenters. The van der Waals surface area contributed by atoms with Crippen molar-refractivity contribution in [2.45, 2.75) is 18.9 Å². The smallest absolute Gasteiger partial charge is 0.154 e. The van der Waals surface area contributed by atoms with Gasteiger partial charge in [-0.2, -0.15) is 0 Å². The lowest BCUT2D eigenvalue weighted by Crippen LogP contribution is -2.47. The van der Waals surface area contributed by atoms with E-state index < -0.39 is 0 Å². The van der Waals surface area contributed by atoms with E-state index >= 15 is 0 Å². The molecule has 2 heterocycles. The van der Waals surface area contributed by atoms with Gasteiger partial charge in [0.05, 0.1) is 6.04 Å². The average Bonchev–Trinajstić information content (AvgIpc) is 2.71. The summed E-state index contributed by atoms with van der Waals surface area (Å²) in [5.41, 5.74) is 6.73. The lowest BCUT2D eigenvalue weighted by Gasteiger charge is -2.37. The molecule has 26 heavy (non-hydrogen) atoms. The average molecular weight is 354 g/mol. The number of aromatic nitrogens is 1. The summed E-state index contributed by atoms with van der Waals surface area (Å²) in [7, 11) is 3.63. The van der Waals surface area contributed by atoms with Crippen LogP contribution in [0.5, 0.6) is 0 Å². The first-order valence-electron chi connectivity index (χ1n) is 9.21. The van der Waals surface area contributed by atoms with E-state index in [2.05, 4.69) is 39.7 Å². The summed E-state index contributed by atoms with van der Waals surface area (Å²) >= 11 is 0. The van der Waals surface area contributed by atoms with Gasteiger partial charge in [-0.15, -0.1) is 0 Å². The van der Waals surface area contributed by atoms with E-state index in [1.54, 1.807) is 6.20 Å². The molecule has 140 valence electrons. The molecule has 0 spiro atoms. The van der Waals surface area contributed by atoms with Gasteiger partial charge in [0.1, 0.15) is 0 Å². The first kappa shape index (κ1) is 20.2. The Morgan fingerprint density at radius 1 is 1.08 bits per heavy atom. The Morgan fingerprint density at radius 3 is 2.38 bits per heavy atom. The molecule has 2 N–H and O–H groups in total. The second kappa shape index (κ2) is 10.8. The topological polar surface area (TPSA) is 62.5 Å². The van der Waals surface area contributed by atoms with E-state index in [0.717, 1.165) is 38.2 Å². The highest BCUT2D eigenvalue weighted by Crippen LogP contribution is 2.24. The van der Waals surface area contributed by atoms with Gasteiger partial charge in [-0.1, -0.05) is 36.4 Å². The number of aryl methyl sites for hydroxylation is 1. The first-order valence-corrected chi connectivity index (χ1v) is 9.21. The Balaban J connectivity index is 0.00000117. The first-order chi connectivity index (χ1) is 12.7. The van der Waals surface area contributed by atoms with Gasteiger partial charge in [-0.25, -0.2) is 0 Å². The minimum atomic E-state index is -0.170. The van der Waals surface area contributed by atoms with Gasteiger partial charge >= 0.3 is 0 Å². The molecule has 1 aliphatic rings. The van der Waals surface area contributed by atoms with Crippen molar-refractivity contribution in [1.82, 2.24) is 14.8 Å². The highest BCUT2D eigenvalue weighted by atomic mass is 16.1. The zero-order valence-corrected chi connectivity index (χ0v) is 15.8. The molecule has 3 rings (SSSR count). The van der Waals surface area contributed by atoms with Crippen LogP contribution in [-0.2, 0) is 11.2 Å². The quantitative estimate of drug-likeness (QED) is 0.861. The van der Waals surface area contributed by atoms with Crippen LogP contribution in [0.25, 0.3) is 0 Å². The number of nitrogens with zero attached hydrogens (tertiary/aromatic N) is 3. The monoisotopic (exact) mass is 354 g/mol. The summed E-state index contributed by atoms with van der Waals surface area (Å²) in [4.78, 5) is 21.9. The van der Waals surface area contributed by atoms with Gasteiger partial charge < -0.3 is 10.6 Å². The third-order valence-electron chi connectivity index (χ3n) is 4.71. The van der Waals surface area contributed by atoms with Crippen LogP contribution < -0.4 is 5.73 Å². The third kappa shape index (κ3) is 5.73. The molecule has 0 saturated carbocycles. The van der Waals surface area contributed by atoms with Gasteiger partial charge in [-0.3, -0.25) is 14.7 Å². The van der Waals surface area contributed by atoms with Crippen molar-refractivity contribution < 1.29 is 4.79 Å². The van der Waals surface area contributed by atoms with E-state index in [-0.39, 0.29) is 11.8 Å². The number of likely N-dealkylation sites (N-methyl/N-ethyl adjacent to an activating group) is 1. The molecular formula is C21H30N4O. The number of carbonyl (C=O) groups is 1. The third-order valence-corrected chi connectivity index (χ3v) is 4.71. The fourth-order valence-corrected chi connectivity index (χ4v) is 3.27. The zero-order valence-electron chi connectivity index (χ0n) is 15.8. The van der Waals surface area contributed by atoms with Crippen molar-refractivity contribution >= 4 is 5.78 Å². The van der Waals surface area contributed by atoms with Gasteiger partial charge in [0, 0.05) is 45.0 Å². The van der Waals surface area contributed by atoms with E-state index in [0.29, 0.717) is 6.42 Å². The van der Waals surface area contributed by atoms with Crippen LogP contribution in [-0.4, -0.2) is 60.8 Å². The SMILES string of the molecule is CN.CN1CCN(C(C(=O)CCc2ccccc2)c2cccnc2)CC1. The van der Waals surface area contributed by atoms with Crippen molar-refractivity contribution in [2.75, 3.05) is 40.3 Å². The van der Waals surface area contributed by atoms with Crippen LogP contribution in [0.3, 0.4) is 0 Å². The van der Waals surface area contributed by atoms with Crippen LogP contribution in [0, 0.1) is 0 Å². The number of ketones is 1. The number of Topliss-reactive ketones (excluding diaryl/α,β-unsaturated/α-hetero) is 1. The maximum absolute atomic E-state index is 13.0. The van der Waals surface area contributed by atoms with Crippen LogP contribution in [0.2, 0.25) is 0 Å². The summed E-state index contributed by atoms with van der Waals surface area (Å²) in [5.74, 6) is 0.288. The van der Waals surface area contributed by atoms with Crippen molar-refractivity contribution in [1.29, 1.82) is 0 Å². The number of hydrogen-bond donors (Lipinski definition) is 1. The molecule has 5 nitrogen and oxygen atoms in total. The molecule has 1 aromatic heterocycles. The van der Waals surface area contributed by atoms with E-state index in [1.165, 1.54) is 12.6 Å². The highest BCUT2D eigenvalue weighted by molar-refractivity contribution is 5.85. The number of rotatable bonds is 6. The molecule has 2 aromatic rings. The van der Waals surface area contributed by atoms with E-state index in [1.807, 2.05) is 36.5 Å². The number of pyridine rings is 1. The minimum absolute atomic E-state index is 0.170. The Hall–Kier alpha value is -2.08. The minimum Gasteiger partial charge on any atom is -0.333 e. The predicted molar refractivity (Wildman–Crippen MR) is 106 cm³/mol. The molecule has 1 saturated heterocycles. The van der Waals surface area contributed by atoms with Gasteiger partial charge in [0.25, 0.3) is 0 Å². The number of benzene rings is 1. The largest absolute Gasteiger partial charge is 0.333 e. The van der Waals surface area contributed by atoms with E-state index in [9.17, 15) is 4.79 Å². The standard InChI is InChI=1S/C20H25N3O.CH5N/c1-22-12-14-23(15-13-22)20(18-8-5-11-21-16-18)19(24)10-9-17-6-3-2-4-7-17;1-2/h2-8,11,16,20H,9-10,12-15H2,1H3;2H2,1H3. The Kier molecular flexibility index (Phi) is 8.41. The molecule has 0 amide bonds. The number of carbonyl (C=O) groups excluding carboxylic acids is 1. The van der Waals surface area contributed by atoms with Crippen molar-refractivity contribution in [3.8, 4) is 0 Å². The molecule has 0 radical (unpaired) electrons. The summed E-state index contributed by atoms with van der Waals surface area (Å²) in [6, 6.07) is 14.0. The predicted octanol–water partition coefficient (Wildman–Crippen LogP) is 2.15. The summed E-state index contributed by atoms with van der Waals surface area (Å²) < 4.78 is 0. The van der Waals surface area contributed by atoms with Gasteiger partial charge in [-0.05, 0) is 37.7 Å². The van der Waals surface area contributed by atoms with Crippen LogP contribution in [0.4, 0.5) is 0 Å². The summed E-state index contributed by atoms with van der Waals surface area (Å²) in [6.07, 6.45) is 4.96. The Bertz CT molecular complexity index is 640. The fourth-order valence-electron chi connectivity index (χ4n) is 3.27. The lowest BCUT2D eigenvalue weighted by atomic mass is 9.97. The summed E-state index contributed by atoms with van der Waals surface area (Å²) in [5, 5.41) is 0. The van der Waals surface area contributed by atoms with Crippen molar-refractivity contribution in [2.24, 2.45) is 5.73 Å². The molecule has 1 fully saturated rings. The fraction of sp³-hybridized carbons (Fsp3) is 0.429. The molecular weight excluding hydrogens is 324 g/mol. The van der Waals surface area contributed by atoms with Crippen LogP contribution in [0.1, 0.15) is 23.6 Å². The highest BCUT2D eigenvalue weighted by Gasteiger charge is 2.29. The number of nitrogens with two attached hydrogens (primary N) is 1. The van der Waals surface area contributed by atoms with Crippen molar-refractivity contribution in [3.63, 3.8) is 0 Å². The Morgan fingerprint density at radius 2 is 1.77 bits per heavy atom. The van der Waals surface area contributed by atoms with Gasteiger partial charge in [0.2, 0.25) is 0 Å². The normalized spacial score (nSPS) is 16.4. The second-order valence-corrected chi connectivity index (χ2v) is 6.48. The molecule has 5 heteroatoms. The lowest BCUT2D eigenvalue weighted by molar-refractivity contribution is -0.125. The zero-order chi connectivity index (χ0) is 18.8. The van der Waals surface area contributed by atoms with E-state index in [4.69, 9.17) is 0 Å². The molecule has 0 aliphatic carbocycles. The maximum Gasteiger partial charge on any atom is 0.154 e.